The van der Waals surface area contributed by atoms with Crippen molar-refractivity contribution in [2.24, 2.45) is 0 Å². The lowest BCUT2D eigenvalue weighted by Crippen LogP contribution is -2.31. The number of nitrogens with one attached hydrogen (secondary N) is 1. The fourth-order valence-corrected chi connectivity index (χ4v) is 2.60. The Bertz CT molecular complexity index is 490. The van der Waals surface area contributed by atoms with Gasteiger partial charge < -0.3 is 4.90 Å². The zero-order valence-electron chi connectivity index (χ0n) is 9.53. The van der Waals surface area contributed by atoms with Gasteiger partial charge in [0.05, 0.1) is 16.8 Å². The van der Waals surface area contributed by atoms with Crippen molar-refractivity contribution in [2.45, 2.75) is 19.3 Å². The van der Waals surface area contributed by atoms with Gasteiger partial charge >= 0.3 is 0 Å². The third-order valence-electron chi connectivity index (χ3n) is 3.44. The third-order valence-corrected chi connectivity index (χ3v) is 3.44. The van der Waals surface area contributed by atoms with Crippen LogP contribution < -0.4 is 10.2 Å². The summed E-state index contributed by atoms with van der Waals surface area (Å²) in [5, 5.41) is 2.36. The van der Waals surface area contributed by atoms with Gasteiger partial charge in [0.1, 0.15) is 0 Å². The van der Waals surface area contributed by atoms with Crippen LogP contribution in [0, 0.1) is 0 Å². The fourth-order valence-electron chi connectivity index (χ4n) is 2.60. The van der Waals surface area contributed by atoms with Crippen LogP contribution in [0.4, 0.5) is 5.69 Å². The SMILES string of the molecule is O=C1NC(=O)c2c1cccc2N1CCCCC1. The number of carbonyl (C=O) groups is 2. The molecule has 0 aromatic heterocycles. The number of piperidine rings is 1. The van der Waals surface area contributed by atoms with E-state index in [2.05, 4.69) is 10.2 Å². The van der Waals surface area contributed by atoms with Crippen LogP contribution in [0.1, 0.15) is 40.0 Å². The summed E-state index contributed by atoms with van der Waals surface area (Å²) in [7, 11) is 0. The van der Waals surface area contributed by atoms with Crippen molar-refractivity contribution in [2.75, 3.05) is 18.0 Å². The molecule has 17 heavy (non-hydrogen) atoms. The number of amides is 2. The minimum absolute atomic E-state index is 0.258. The Balaban J connectivity index is 2.06. The van der Waals surface area contributed by atoms with Gasteiger partial charge in [-0.25, -0.2) is 0 Å². The first-order valence-corrected chi connectivity index (χ1v) is 6.01. The normalized spacial score (nSPS) is 19.2. The molecule has 0 aliphatic carbocycles. The highest BCUT2D eigenvalue weighted by atomic mass is 16.2. The first kappa shape index (κ1) is 10.3. The molecule has 4 nitrogen and oxygen atoms in total. The van der Waals surface area contributed by atoms with E-state index in [1.165, 1.54) is 6.42 Å². The average Bonchev–Trinajstić information content (AvgIpc) is 2.66. The maximum atomic E-state index is 11.8. The molecule has 1 fully saturated rings. The summed E-state index contributed by atoms with van der Waals surface area (Å²) in [6.07, 6.45) is 3.55. The van der Waals surface area contributed by atoms with E-state index in [-0.39, 0.29) is 11.8 Å². The average molecular weight is 230 g/mol. The number of fused-ring (bicyclic) bond motifs is 1. The molecule has 2 aliphatic heterocycles. The second-order valence-corrected chi connectivity index (χ2v) is 4.53. The van der Waals surface area contributed by atoms with E-state index >= 15 is 0 Å². The van der Waals surface area contributed by atoms with Crippen LogP contribution in [0.15, 0.2) is 18.2 Å². The molecular weight excluding hydrogens is 216 g/mol. The summed E-state index contributed by atoms with van der Waals surface area (Å²) in [5.74, 6) is -0.532. The van der Waals surface area contributed by atoms with Gasteiger partial charge in [-0.2, -0.15) is 0 Å². The molecule has 0 radical (unpaired) electrons. The topological polar surface area (TPSA) is 49.4 Å². The zero-order chi connectivity index (χ0) is 11.8. The number of benzene rings is 1. The van der Waals surface area contributed by atoms with Crippen LogP contribution in [0.25, 0.3) is 0 Å². The molecule has 2 aliphatic rings. The molecule has 3 rings (SSSR count). The van der Waals surface area contributed by atoms with E-state index < -0.39 is 0 Å². The van der Waals surface area contributed by atoms with E-state index in [9.17, 15) is 9.59 Å². The highest BCUT2D eigenvalue weighted by Crippen LogP contribution is 2.29. The number of carbonyl (C=O) groups excluding carboxylic acids is 2. The predicted octanol–water partition coefficient (Wildman–Crippen LogP) is 1.56. The van der Waals surface area contributed by atoms with Crippen molar-refractivity contribution in [1.82, 2.24) is 5.32 Å². The van der Waals surface area contributed by atoms with E-state index in [1.807, 2.05) is 12.1 Å². The second kappa shape index (κ2) is 3.87. The Kier molecular flexibility index (Phi) is 2.35. The van der Waals surface area contributed by atoms with Crippen molar-refractivity contribution in [3.05, 3.63) is 29.3 Å². The first-order valence-electron chi connectivity index (χ1n) is 6.01. The Labute approximate surface area is 99.6 Å². The number of nitrogens with zero attached hydrogens (tertiary/aromatic N) is 1. The quantitative estimate of drug-likeness (QED) is 0.745. The fraction of sp³-hybridized carbons (Fsp3) is 0.385. The van der Waals surface area contributed by atoms with Crippen molar-refractivity contribution in [1.29, 1.82) is 0 Å². The Morgan fingerprint density at radius 2 is 1.76 bits per heavy atom. The van der Waals surface area contributed by atoms with E-state index in [1.54, 1.807) is 6.07 Å². The van der Waals surface area contributed by atoms with Gasteiger partial charge in [-0.1, -0.05) is 6.07 Å². The largest absolute Gasteiger partial charge is 0.371 e. The van der Waals surface area contributed by atoms with Gasteiger partial charge in [0, 0.05) is 13.1 Å². The molecule has 1 aromatic rings. The van der Waals surface area contributed by atoms with Crippen LogP contribution in [0.5, 0.6) is 0 Å². The van der Waals surface area contributed by atoms with Crippen LogP contribution in [-0.4, -0.2) is 24.9 Å². The number of hydrogen-bond acceptors (Lipinski definition) is 3. The second-order valence-electron chi connectivity index (χ2n) is 4.53. The number of anilines is 1. The smallest absolute Gasteiger partial charge is 0.261 e. The van der Waals surface area contributed by atoms with Crippen LogP contribution >= 0.6 is 0 Å². The molecule has 0 bridgehead atoms. The summed E-state index contributed by atoms with van der Waals surface area (Å²) in [6.45, 7) is 1.94. The summed E-state index contributed by atoms with van der Waals surface area (Å²) in [5.41, 5.74) is 1.98. The molecule has 2 heterocycles. The molecule has 2 amide bonds. The minimum atomic E-state index is -0.274. The van der Waals surface area contributed by atoms with Crippen molar-refractivity contribution in [3.8, 4) is 0 Å². The maximum Gasteiger partial charge on any atom is 0.261 e. The summed E-state index contributed by atoms with van der Waals surface area (Å²) in [6, 6.07) is 5.49. The van der Waals surface area contributed by atoms with Gasteiger partial charge in [-0.05, 0) is 31.4 Å². The molecule has 0 atom stereocenters. The molecule has 1 N–H and O–H groups in total. The lowest BCUT2D eigenvalue weighted by molar-refractivity contribution is 0.0880. The Morgan fingerprint density at radius 1 is 1.00 bits per heavy atom. The molecule has 1 aromatic carbocycles. The third kappa shape index (κ3) is 1.60. The van der Waals surface area contributed by atoms with E-state index in [0.29, 0.717) is 11.1 Å². The predicted molar refractivity (Wildman–Crippen MR) is 64.3 cm³/mol. The lowest BCUT2D eigenvalue weighted by atomic mass is 10.0. The van der Waals surface area contributed by atoms with Crippen LogP contribution in [0.3, 0.4) is 0 Å². The number of imide groups is 1. The molecule has 88 valence electrons. The standard InChI is InChI=1S/C13H14N2O2/c16-12-9-5-4-6-10(11(9)13(17)14-12)15-7-2-1-3-8-15/h4-6H,1-3,7-8H2,(H,14,16,17). The molecule has 0 unspecified atom stereocenters. The van der Waals surface area contributed by atoms with E-state index in [4.69, 9.17) is 0 Å². The maximum absolute atomic E-state index is 11.8. The molecule has 0 spiro atoms. The summed E-state index contributed by atoms with van der Waals surface area (Å²) in [4.78, 5) is 25.6. The van der Waals surface area contributed by atoms with Gasteiger partial charge in [-0.3, -0.25) is 14.9 Å². The summed E-state index contributed by atoms with van der Waals surface area (Å²) >= 11 is 0. The molecule has 4 heteroatoms. The Hall–Kier alpha value is -1.84. The molecule has 0 saturated carbocycles. The number of rotatable bonds is 1. The number of hydrogen-bond donors (Lipinski definition) is 1. The van der Waals surface area contributed by atoms with E-state index in [0.717, 1.165) is 31.6 Å². The minimum Gasteiger partial charge on any atom is -0.371 e. The monoisotopic (exact) mass is 230 g/mol. The van der Waals surface area contributed by atoms with Gasteiger partial charge in [-0.15, -0.1) is 0 Å². The van der Waals surface area contributed by atoms with Gasteiger partial charge in [0.15, 0.2) is 0 Å². The highest BCUT2D eigenvalue weighted by Gasteiger charge is 2.31. The Morgan fingerprint density at radius 3 is 2.53 bits per heavy atom. The molecular formula is C13H14N2O2. The van der Waals surface area contributed by atoms with Crippen LogP contribution in [-0.2, 0) is 0 Å². The van der Waals surface area contributed by atoms with Crippen molar-refractivity contribution in [3.63, 3.8) is 0 Å². The van der Waals surface area contributed by atoms with Gasteiger partial charge in [0.25, 0.3) is 11.8 Å². The lowest BCUT2D eigenvalue weighted by Gasteiger charge is -2.29. The van der Waals surface area contributed by atoms with Gasteiger partial charge in [0.2, 0.25) is 0 Å². The van der Waals surface area contributed by atoms with Crippen LogP contribution in [0.2, 0.25) is 0 Å². The van der Waals surface area contributed by atoms with Crippen molar-refractivity contribution >= 4 is 17.5 Å². The zero-order valence-corrected chi connectivity index (χ0v) is 9.53. The van der Waals surface area contributed by atoms with Crippen molar-refractivity contribution < 1.29 is 9.59 Å². The highest BCUT2D eigenvalue weighted by molar-refractivity contribution is 6.23. The first-order chi connectivity index (χ1) is 8.27. The molecule has 1 saturated heterocycles. The summed E-state index contributed by atoms with van der Waals surface area (Å²) < 4.78 is 0.